The van der Waals surface area contributed by atoms with E-state index in [2.05, 4.69) is 21.2 Å². The van der Waals surface area contributed by atoms with E-state index in [1.54, 1.807) is 6.07 Å². The molecule has 24 heavy (non-hydrogen) atoms. The summed E-state index contributed by atoms with van der Waals surface area (Å²) < 4.78 is 19.4. The molecule has 2 aromatic rings. The summed E-state index contributed by atoms with van der Waals surface area (Å²) in [6.07, 6.45) is -0.180. The largest absolute Gasteiger partial charge is 0.480 e. The number of rotatable bonds is 6. The monoisotopic (exact) mass is 415 g/mol. The number of carbonyl (C=O) groups is 2. The van der Waals surface area contributed by atoms with Crippen LogP contribution in [0.3, 0.4) is 0 Å². The third-order valence-electron chi connectivity index (χ3n) is 2.94. The summed E-state index contributed by atoms with van der Waals surface area (Å²) in [5, 5.41) is 11.6. The number of hydrogen-bond acceptors (Lipinski definition) is 3. The molecular weight excluding hydrogens is 405 g/mol. The highest BCUT2D eigenvalue weighted by atomic mass is 79.9. The van der Waals surface area contributed by atoms with E-state index < -0.39 is 24.3 Å². The van der Waals surface area contributed by atoms with Gasteiger partial charge in [-0.3, -0.25) is 4.79 Å². The molecule has 1 amide bonds. The quantitative estimate of drug-likeness (QED) is 0.749. The topological polar surface area (TPSA) is 75.6 Å². The fourth-order valence-corrected chi connectivity index (χ4v) is 2.39. The molecule has 0 atom stereocenters. The Morgan fingerprint density at radius 3 is 2.67 bits per heavy atom. The van der Waals surface area contributed by atoms with Crippen LogP contribution in [0.1, 0.15) is 5.56 Å². The van der Waals surface area contributed by atoms with Gasteiger partial charge in [-0.15, -0.1) is 0 Å². The molecule has 2 N–H and O–H groups in total. The number of ether oxygens (including phenoxy) is 1. The molecule has 2 aromatic carbocycles. The van der Waals surface area contributed by atoms with Crippen LogP contribution >= 0.6 is 27.5 Å². The van der Waals surface area contributed by atoms with Crippen LogP contribution in [0.25, 0.3) is 0 Å². The molecule has 0 aliphatic carbocycles. The first-order valence-corrected chi connectivity index (χ1v) is 7.90. The van der Waals surface area contributed by atoms with Crippen molar-refractivity contribution < 1.29 is 23.8 Å². The van der Waals surface area contributed by atoms with Crippen molar-refractivity contribution in [3.63, 3.8) is 0 Å². The molecule has 0 unspecified atom stereocenters. The van der Waals surface area contributed by atoms with Gasteiger partial charge in [0.15, 0.2) is 6.61 Å². The van der Waals surface area contributed by atoms with Crippen molar-refractivity contribution in [2.75, 3.05) is 11.9 Å². The standard InChI is InChI=1S/C16H12BrClFNO4/c17-10-2-1-9(12(19)6-10)5-15(21)20-13-4-3-11(18)7-14(13)24-8-16(22)23/h1-4,6-7H,5,8H2,(H,20,21)(H,22,23). The van der Waals surface area contributed by atoms with E-state index in [0.29, 0.717) is 9.50 Å². The lowest BCUT2D eigenvalue weighted by atomic mass is 10.1. The molecule has 126 valence electrons. The zero-order valence-electron chi connectivity index (χ0n) is 12.2. The average Bonchev–Trinajstić information content (AvgIpc) is 2.50. The second-order valence-corrected chi connectivity index (χ2v) is 6.14. The lowest BCUT2D eigenvalue weighted by Crippen LogP contribution is -2.17. The van der Waals surface area contributed by atoms with Crippen LogP contribution in [-0.4, -0.2) is 23.6 Å². The Balaban J connectivity index is 2.11. The summed E-state index contributed by atoms with van der Waals surface area (Å²) >= 11 is 8.98. The first-order valence-electron chi connectivity index (χ1n) is 6.73. The summed E-state index contributed by atoms with van der Waals surface area (Å²) in [5.74, 6) is -2.02. The molecule has 0 saturated carbocycles. The van der Waals surface area contributed by atoms with E-state index in [9.17, 15) is 14.0 Å². The maximum Gasteiger partial charge on any atom is 0.341 e. The van der Waals surface area contributed by atoms with Crippen molar-refractivity contribution in [3.8, 4) is 5.75 Å². The van der Waals surface area contributed by atoms with Crippen molar-refractivity contribution in [1.29, 1.82) is 0 Å². The Labute approximate surface area is 150 Å². The van der Waals surface area contributed by atoms with E-state index in [1.807, 2.05) is 0 Å². The molecule has 0 radical (unpaired) electrons. The highest BCUT2D eigenvalue weighted by molar-refractivity contribution is 9.10. The smallest absolute Gasteiger partial charge is 0.341 e. The second-order valence-electron chi connectivity index (χ2n) is 4.78. The number of nitrogens with one attached hydrogen (secondary N) is 1. The highest BCUT2D eigenvalue weighted by Crippen LogP contribution is 2.28. The summed E-state index contributed by atoms with van der Waals surface area (Å²) in [4.78, 5) is 22.7. The second kappa shape index (κ2) is 8.12. The van der Waals surface area contributed by atoms with Gasteiger partial charge in [0.05, 0.1) is 12.1 Å². The van der Waals surface area contributed by atoms with Crippen molar-refractivity contribution in [2.24, 2.45) is 0 Å². The van der Waals surface area contributed by atoms with Gasteiger partial charge in [0.1, 0.15) is 11.6 Å². The van der Waals surface area contributed by atoms with Crippen LogP contribution in [0.15, 0.2) is 40.9 Å². The van der Waals surface area contributed by atoms with E-state index in [-0.39, 0.29) is 23.4 Å². The molecule has 0 saturated heterocycles. The van der Waals surface area contributed by atoms with Gasteiger partial charge in [-0.2, -0.15) is 0 Å². The number of carbonyl (C=O) groups excluding carboxylic acids is 1. The van der Waals surface area contributed by atoms with E-state index in [4.69, 9.17) is 21.4 Å². The van der Waals surface area contributed by atoms with Gasteiger partial charge in [0.25, 0.3) is 0 Å². The van der Waals surface area contributed by atoms with Gasteiger partial charge in [-0.1, -0.05) is 33.6 Å². The Kier molecular flexibility index (Phi) is 6.16. The maximum absolute atomic E-state index is 13.8. The SMILES string of the molecule is O=C(O)COc1cc(Cl)ccc1NC(=O)Cc1ccc(Br)cc1F. The molecule has 8 heteroatoms. The Bertz CT molecular complexity index is 785. The van der Waals surface area contributed by atoms with Crippen LogP contribution in [0.2, 0.25) is 5.02 Å². The average molecular weight is 417 g/mol. The molecule has 2 rings (SSSR count). The van der Waals surface area contributed by atoms with Gasteiger partial charge >= 0.3 is 5.97 Å². The van der Waals surface area contributed by atoms with Crippen molar-refractivity contribution in [3.05, 3.63) is 57.3 Å². The lowest BCUT2D eigenvalue weighted by molar-refractivity contribution is -0.139. The summed E-state index contributed by atoms with van der Waals surface area (Å²) in [7, 11) is 0. The van der Waals surface area contributed by atoms with Crippen LogP contribution in [-0.2, 0) is 16.0 Å². The first kappa shape index (κ1) is 18.2. The van der Waals surface area contributed by atoms with E-state index in [0.717, 1.165) is 0 Å². The summed E-state index contributed by atoms with van der Waals surface area (Å²) in [5.41, 5.74) is 0.487. The third-order valence-corrected chi connectivity index (χ3v) is 3.66. The summed E-state index contributed by atoms with van der Waals surface area (Å²) in [6.45, 7) is -0.579. The zero-order valence-corrected chi connectivity index (χ0v) is 14.5. The van der Waals surface area contributed by atoms with Crippen molar-refractivity contribution in [2.45, 2.75) is 6.42 Å². The third kappa shape index (κ3) is 5.21. The number of aliphatic carboxylic acids is 1. The lowest BCUT2D eigenvalue weighted by Gasteiger charge is -2.12. The first-order chi connectivity index (χ1) is 11.3. The van der Waals surface area contributed by atoms with Crippen LogP contribution in [0.5, 0.6) is 5.75 Å². The fourth-order valence-electron chi connectivity index (χ4n) is 1.89. The molecule has 0 heterocycles. The predicted molar refractivity (Wildman–Crippen MR) is 91.0 cm³/mol. The zero-order chi connectivity index (χ0) is 17.7. The van der Waals surface area contributed by atoms with Gasteiger partial charge in [0.2, 0.25) is 5.91 Å². The van der Waals surface area contributed by atoms with Crippen molar-refractivity contribution >= 4 is 45.1 Å². The molecule has 0 aliphatic heterocycles. The number of anilines is 1. The number of benzene rings is 2. The number of carboxylic acid groups (broad SMARTS) is 1. The van der Waals surface area contributed by atoms with Gasteiger partial charge < -0.3 is 15.2 Å². The van der Waals surface area contributed by atoms with Crippen LogP contribution in [0, 0.1) is 5.82 Å². The fraction of sp³-hybridized carbons (Fsp3) is 0.125. The van der Waals surface area contributed by atoms with Crippen LogP contribution in [0.4, 0.5) is 10.1 Å². The number of halogens is 3. The molecule has 0 spiro atoms. The maximum atomic E-state index is 13.8. The normalized spacial score (nSPS) is 10.3. The molecule has 0 aromatic heterocycles. The van der Waals surface area contributed by atoms with Gasteiger partial charge in [-0.25, -0.2) is 9.18 Å². The minimum atomic E-state index is -1.16. The molecule has 5 nitrogen and oxygen atoms in total. The minimum absolute atomic E-state index is 0.120. The Morgan fingerprint density at radius 2 is 2.00 bits per heavy atom. The van der Waals surface area contributed by atoms with Crippen LogP contribution < -0.4 is 10.1 Å². The number of amides is 1. The molecule has 0 aliphatic rings. The minimum Gasteiger partial charge on any atom is -0.480 e. The van der Waals surface area contributed by atoms with Crippen molar-refractivity contribution in [1.82, 2.24) is 0 Å². The Hall–Kier alpha value is -2.12. The molecule has 0 fully saturated rings. The number of carboxylic acids is 1. The Morgan fingerprint density at radius 1 is 1.25 bits per heavy atom. The predicted octanol–water partition coefficient (Wildman–Crippen LogP) is 3.89. The summed E-state index contributed by atoms with van der Waals surface area (Å²) in [6, 6.07) is 8.80. The molecule has 0 bridgehead atoms. The number of hydrogen-bond donors (Lipinski definition) is 2. The van der Waals surface area contributed by atoms with E-state index in [1.165, 1.54) is 30.3 Å². The molecular formula is C16H12BrClFNO4. The van der Waals surface area contributed by atoms with E-state index >= 15 is 0 Å². The van der Waals surface area contributed by atoms with Gasteiger partial charge in [-0.05, 0) is 29.8 Å². The van der Waals surface area contributed by atoms with Gasteiger partial charge in [0, 0.05) is 15.6 Å². The highest BCUT2D eigenvalue weighted by Gasteiger charge is 2.13.